The zero-order chi connectivity index (χ0) is 9.97. The first kappa shape index (κ1) is 9.21. The molecule has 1 fully saturated rings. The van der Waals surface area contributed by atoms with Crippen LogP contribution in [0.25, 0.3) is 0 Å². The number of hydrogen-bond acceptors (Lipinski definition) is 2. The predicted molar refractivity (Wildman–Crippen MR) is 54.8 cm³/mol. The molecular formula is C11H13N2O. The van der Waals surface area contributed by atoms with Gasteiger partial charge in [0.1, 0.15) is 0 Å². The Labute approximate surface area is 83.5 Å². The smallest absolute Gasteiger partial charge is 0.227 e. The summed E-state index contributed by atoms with van der Waals surface area (Å²) in [6, 6.07) is 8.74. The minimum atomic E-state index is 0.183. The average molecular weight is 189 g/mol. The highest BCUT2D eigenvalue weighted by atomic mass is 16.2. The number of anilines is 1. The first-order chi connectivity index (χ1) is 6.83. The lowest BCUT2D eigenvalue weighted by Gasteiger charge is -2.18. The summed E-state index contributed by atoms with van der Waals surface area (Å²) in [7, 11) is 0. The Balaban J connectivity index is 2.35. The monoisotopic (exact) mass is 189 g/mol. The molecule has 1 amide bonds. The molecule has 0 atom stereocenters. The fraction of sp³-hybridized carbons (Fsp3) is 0.364. The number of carbonyl (C=O) groups excluding carboxylic acids is 1. The van der Waals surface area contributed by atoms with Crippen molar-refractivity contribution in [3.8, 4) is 0 Å². The molecule has 0 spiro atoms. The fourth-order valence-electron chi connectivity index (χ4n) is 1.76. The molecule has 3 nitrogen and oxygen atoms in total. The van der Waals surface area contributed by atoms with E-state index in [2.05, 4.69) is 6.07 Å². The Morgan fingerprint density at radius 3 is 3.07 bits per heavy atom. The summed E-state index contributed by atoms with van der Waals surface area (Å²) in [5.41, 5.74) is 7.45. The molecule has 2 N–H and O–H groups in total. The van der Waals surface area contributed by atoms with Crippen LogP contribution in [0.5, 0.6) is 0 Å². The molecule has 0 saturated carbocycles. The normalized spacial score (nSPS) is 16.4. The van der Waals surface area contributed by atoms with Gasteiger partial charge in [0.2, 0.25) is 5.91 Å². The number of nitrogens with two attached hydrogens (primary N) is 1. The van der Waals surface area contributed by atoms with E-state index in [1.165, 1.54) is 0 Å². The molecular weight excluding hydrogens is 176 g/mol. The van der Waals surface area contributed by atoms with E-state index in [0.29, 0.717) is 13.0 Å². The topological polar surface area (TPSA) is 46.3 Å². The minimum Gasteiger partial charge on any atom is -0.326 e. The Kier molecular flexibility index (Phi) is 2.50. The maximum atomic E-state index is 11.5. The Bertz CT molecular complexity index is 349. The summed E-state index contributed by atoms with van der Waals surface area (Å²) in [5, 5.41) is 0. The van der Waals surface area contributed by atoms with Crippen molar-refractivity contribution in [1.82, 2.24) is 0 Å². The summed E-state index contributed by atoms with van der Waals surface area (Å²) >= 11 is 0. The lowest BCUT2D eigenvalue weighted by Crippen LogP contribution is -2.25. The van der Waals surface area contributed by atoms with Gasteiger partial charge in [0.25, 0.3) is 0 Å². The molecule has 1 aliphatic rings. The summed E-state index contributed by atoms with van der Waals surface area (Å²) in [5.74, 6) is 0.183. The molecule has 1 aromatic rings. The summed E-state index contributed by atoms with van der Waals surface area (Å²) in [4.78, 5) is 13.3. The molecule has 1 aromatic carbocycles. The maximum absolute atomic E-state index is 11.5. The predicted octanol–water partition coefficient (Wildman–Crippen LogP) is 1.07. The zero-order valence-corrected chi connectivity index (χ0v) is 7.99. The zero-order valence-electron chi connectivity index (χ0n) is 7.99. The first-order valence-electron chi connectivity index (χ1n) is 4.83. The number of rotatable bonds is 2. The van der Waals surface area contributed by atoms with Crippen molar-refractivity contribution in [2.45, 2.75) is 19.4 Å². The number of benzene rings is 1. The van der Waals surface area contributed by atoms with Crippen molar-refractivity contribution in [1.29, 1.82) is 0 Å². The second kappa shape index (κ2) is 3.80. The lowest BCUT2D eigenvalue weighted by atomic mass is 10.1. The maximum Gasteiger partial charge on any atom is 0.227 e. The van der Waals surface area contributed by atoms with Crippen LogP contribution in [0.2, 0.25) is 0 Å². The number of carbonyl (C=O) groups is 1. The highest BCUT2D eigenvalue weighted by Gasteiger charge is 2.23. The molecule has 1 saturated heterocycles. The Morgan fingerprint density at radius 2 is 2.43 bits per heavy atom. The van der Waals surface area contributed by atoms with Gasteiger partial charge in [0, 0.05) is 25.6 Å². The van der Waals surface area contributed by atoms with Crippen LogP contribution in [-0.4, -0.2) is 12.5 Å². The van der Waals surface area contributed by atoms with E-state index in [-0.39, 0.29) is 5.91 Å². The van der Waals surface area contributed by atoms with Gasteiger partial charge in [-0.2, -0.15) is 0 Å². The van der Waals surface area contributed by atoms with E-state index in [9.17, 15) is 4.79 Å². The van der Waals surface area contributed by atoms with Gasteiger partial charge in [0.05, 0.1) is 5.69 Å². The fourth-order valence-corrected chi connectivity index (χ4v) is 1.76. The molecule has 1 aliphatic heterocycles. The number of hydrogen-bond donors (Lipinski definition) is 1. The van der Waals surface area contributed by atoms with Crippen LogP contribution in [-0.2, 0) is 11.3 Å². The molecule has 2 rings (SSSR count). The highest BCUT2D eigenvalue weighted by molar-refractivity contribution is 5.95. The Hall–Kier alpha value is -1.35. The third-order valence-corrected chi connectivity index (χ3v) is 2.48. The average Bonchev–Trinajstić information content (AvgIpc) is 2.64. The van der Waals surface area contributed by atoms with E-state index in [4.69, 9.17) is 5.73 Å². The van der Waals surface area contributed by atoms with Crippen molar-refractivity contribution < 1.29 is 4.79 Å². The van der Waals surface area contributed by atoms with Crippen LogP contribution >= 0.6 is 0 Å². The summed E-state index contributed by atoms with van der Waals surface area (Å²) < 4.78 is 0. The molecule has 0 aliphatic carbocycles. The van der Waals surface area contributed by atoms with Gasteiger partial charge in [-0.1, -0.05) is 18.2 Å². The van der Waals surface area contributed by atoms with E-state index in [1.807, 2.05) is 18.2 Å². The van der Waals surface area contributed by atoms with Crippen LogP contribution in [0, 0.1) is 6.07 Å². The molecule has 0 unspecified atom stereocenters. The van der Waals surface area contributed by atoms with Gasteiger partial charge in [-0.25, -0.2) is 0 Å². The molecule has 0 aromatic heterocycles. The van der Waals surface area contributed by atoms with Crippen LogP contribution in [0.1, 0.15) is 18.4 Å². The van der Waals surface area contributed by atoms with Crippen molar-refractivity contribution in [2.24, 2.45) is 5.73 Å². The Morgan fingerprint density at radius 1 is 1.57 bits per heavy atom. The van der Waals surface area contributed by atoms with Gasteiger partial charge >= 0.3 is 0 Å². The minimum absolute atomic E-state index is 0.183. The molecule has 1 radical (unpaired) electrons. The number of nitrogens with zero attached hydrogens (tertiary/aromatic N) is 1. The third-order valence-electron chi connectivity index (χ3n) is 2.48. The molecule has 3 heteroatoms. The van der Waals surface area contributed by atoms with Gasteiger partial charge in [-0.15, -0.1) is 0 Å². The largest absolute Gasteiger partial charge is 0.326 e. The molecule has 0 bridgehead atoms. The third kappa shape index (κ3) is 1.51. The standard InChI is InChI=1S/C11H13N2O/c12-8-9-4-1-2-5-10(9)13-7-3-6-11(13)14/h1-2,4H,3,6-8,12H2. The van der Waals surface area contributed by atoms with Crippen LogP contribution < -0.4 is 10.6 Å². The van der Waals surface area contributed by atoms with Crippen molar-refractivity contribution in [3.05, 3.63) is 29.8 Å². The van der Waals surface area contributed by atoms with Crippen LogP contribution in [0.15, 0.2) is 18.2 Å². The van der Waals surface area contributed by atoms with E-state index in [1.54, 1.807) is 4.90 Å². The number of amides is 1. The molecule has 14 heavy (non-hydrogen) atoms. The SMILES string of the molecule is NCc1ccc[c]c1N1CCCC1=O. The van der Waals surface area contributed by atoms with Crippen LogP contribution in [0.4, 0.5) is 5.69 Å². The van der Waals surface area contributed by atoms with Crippen LogP contribution in [0.3, 0.4) is 0 Å². The van der Waals surface area contributed by atoms with E-state index < -0.39 is 0 Å². The van der Waals surface area contributed by atoms with E-state index in [0.717, 1.165) is 24.2 Å². The quantitative estimate of drug-likeness (QED) is 0.756. The summed E-state index contributed by atoms with van der Waals surface area (Å²) in [6.07, 6.45) is 1.58. The van der Waals surface area contributed by atoms with Gasteiger partial charge in [-0.05, 0) is 12.0 Å². The van der Waals surface area contributed by atoms with Gasteiger partial charge < -0.3 is 10.6 Å². The number of para-hydroxylation sites is 1. The molecule has 73 valence electrons. The first-order valence-corrected chi connectivity index (χ1v) is 4.83. The van der Waals surface area contributed by atoms with Crippen molar-refractivity contribution >= 4 is 11.6 Å². The van der Waals surface area contributed by atoms with Crippen molar-refractivity contribution in [3.63, 3.8) is 0 Å². The van der Waals surface area contributed by atoms with Crippen molar-refractivity contribution in [2.75, 3.05) is 11.4 Å². The summed E-state index contributed by atoms with van der Waals surface area (Å²) in [6.45, 7) is 1.25. The molecule has 1 heterocycles. The lowest BCUT2D eigenvalue weighted by molar-refractivity contribution is -0.117. The second-order valence-electron chi connectivity index (χ2n) is 3.40. The van der Waals surface area contributed by atoms with Gasteiger partial charge in [-0.3, -0.25) is 4.79 Å². The van der Waals surface area contributed by atoms with Gasteiger partial charge in [0.15, 0.2) is 0 Å². The second-order valence-corrected chi connectivity index (χ2v) is 3.40. The van der Waals surface area contributed by atoms with E-state index >= 15 is 0 Å². The highest BCUT2D eigenvalue weighted by Crippen LogP contribution is 2.24.